The minimum atomic E-state index is -0.652. The van der Waals surface area contributed by atoms with E-state index in [1.807, 2.05) is 0 Å². The van der Waals surface area contributed by atoms with E-state index in [9.17, 15) is 9.59 Å². The zero-order valence-electron chi connectivity index (χ0n) is 12.0. The number of carbonyl (C=O) groups is 2. The first kappa shape index (κ1) is 13.3. The molecule has 3 rings (SSSR count). The molecule has 0 spiro atoms. The molecule has 2 aromatic rings. The number of amides is 2. The summed E-state index contributed by atoms with van der Waals surface area (Å²) < 4.78 is 6.77. The zero-order valence-corrected chi connectivity index (χ0v) is 12.0. The van der Waals surface area contributed by atoms with Gasteiger partial charge in [0.25, 0.3) is 5.91 Å². The van der Waals surface area contributed by atoms with Crippen molar-refractivity contribution in [3.8, 4) is 5.69 Å². The van der Waals surface area contributed by atoms with E-state index in [2.05, 4.69) is 15.3 Å². The Balaban J connectivity index is 1.81. The van der Waals surface area contributed by atoms with Gasteiger partial charge in [0.2, 0.25) is 0 Å². The van der Waals surface area contributed by atoms with E-state index in [0.29, 0.717) is 11.3 Å². The van der Waals surface area contributed by atoms with Crippen LogP contribution in [0.1, 0.15) is 36.8 Å². The van der Waals surface area contributed by atoms with Crippen LogP contribution in [-0.4, -0.2) is 42.5 Å². The predicted octanol–water partition coefficient (Wildman–Crippen LogP) is 1.49. The van der Waals surface area contributed by atoms with Gasteiger partial charge in [0.1, 0.15) is 11.3 Å². The highest BCUT2D eigenvalue weighted by atomic mass is 16.6. The van der Waals surface area contributed by atoms with Crippen LogP contribution in [0, 0.1) is 0 Å². The van der Waals surface area contributed by atoms with Crippen molar-refractivity contribution < 1.29 is 14.3 Å². The van der Waals surface area contributed by atoms with Crippen LogP contribution in [0.4, 0.5) is 4.79 Å². The molecule has 0 radical (unpaired) electrons. The molecule has 2 amide bonds. The van der Waals surface area contributed by atoms with Crippen LogP contribution in [0.5, 0.6) is 0 Å². The summed E-state index contributed by atoms with van der Waals surface area (Å²) in [7, 11) is 0. The van der Waals surface area contributed by atoms with Gasteiger partial charge in [-0.2, -0.15) is 10.2 Å². The smallest absolute Gasteiger partial charge is 0.417 e. The summed E-state index contributed by atoms with van der Waals surface area (Å²) in [6, 6.07) is 0. The molecule has 8 heteroatoms. The van der Waals surface area contributed by atoms with E-state index in [0.717, 1.165) is 10.6 Å². The molecular weight excluding hydrogens is 274 g/mol. The Hall–Kier alpha value is -2.64. The van der Waals surface area contributed by atoms with Crippen molar-refractivity contribution in [2.45, 2.75) is 32.9 Å². The van der Waals surface area contributed by atoms with Gasteiger partial charge in [-0.05, 0) is 20.8 Å². The number of aromatic amines is 1. The molecule has 0 aromatic carbocycles. The molecule has 0 fully saturated rings. The first-order chi connectivity index (χ1) is 9.85. The quantitative estimate of drug-likeness (QED) is 0.858. The van der Waals surface area contributed by atoms with Crippen LogP contribution >= 0.6 is 0 Å². The van der Waals surface area contributed by atoms with E-state index in [1.165, 1.54) is 0 Å². The van der Waals surface area contributed by atoms with E-state index in [1.54, 1.807) is 44.0 Å². The van der Waals surface area contributed by atoms with Gasteiger partial charge in [0, 0.05) is 12.4 Å². The van der Waals surface area contributed by atoms with Crippen molar-refractivity contribution in [3.05, 3.63) is 29.8 Å². The van der Waals surface area contributed by atoms with Crippen LogP contribution in [0.15, 0.2) is 18.6 Å². The molecule has 0 unspecified atom stereocenters. The maximum absolute atomic E-state index is 12.3. The molecule has 0 bridgehead atoms. The topological polar surface area (TPSA) is 93.1 Å². The van der Waals surface area contributed by atoms with Crippen LogP contribution in [0.2, 0.25) is 0 Å². The van der Waals surface area contributed by atoms with Crippen molar-refractivity contribution >= 4 is 12.0 Å². The lowest BCUT2D eigenvalue weighted by molar-refractivity contribution is 0.0246. The molecule has 0 saturated heterocycles. The highest BCUT2D eigenvalue weighted by Gasteiger charge is 2.37. The Morgan fingerprint density at radius 3 is 2.76 bits per heavy atom. The molecule has 2 aromatic heterocycles. The third kappa shape index (κ3) is 2.39. The maximum Gasteiger partial charge on any atom is 0.417 e. The Morgan fingerprint density at radius 2 is 2.19 bits per heavy atom. The van der Waals surface area contributed by atoms with Crippen molar-refractivity contribution in [2.24, 2.45) is 0 Å². The number of imide groups is 1. The van der Waals surface area contributed by atoms with Gasteiger partial charge in [0.15, 0.2) is 0 Å². The van der Waals surface area contributed by atoms with Crippen molar-refractivity contribution in [2.75, 3.05) is 0 Å². The van der Waals surface area contributed by atoms with Gasteiger partial charge >= 0.3 is 6.09 Å². The van der Waals surface area contributed by atoms with Crippen LogP contribution in [0.25, 0.3) is 5.69 Å². The number of hydrogen-bond donors (Lipinski definition) is 1. The van der Waals surface area contributed by atoms with Crippen molar-refractivity contribution in [3.63, 3.8) is 0 Å². The third-order valence-corrected chi connectivity index (χ3v) is 2.94. The van der Waals surface area contributed by atoms with Gasteiger partial charge in [-0.15, -0.1) is 0 Å². The number of nitrogens with one attached hydrogen (secondary N) is 1. The molecule has 110 valence electrons. The lowest BCUT2D eigenvalue weighted by Crippen LogP contribution is -2.37. The number of carbonyl (C=O) groups excluding carboxylic acids is 2. The number of nitrogens with zero attached hydrogens (tertiary/aromatic N) is 4. The monoisotopic (exact) mass is 289 g/mol. The fraction of sp³-hybridized carbons (Fsp3) is 0.385. The van der Waals surface area contributed by atoms with E-state index in [4.69, 9.17) is 4.74 Å². The first-order valence-electron chi connectivity index (χ1n) is 6.48. The highest BCUT2D eigenvalue weighted by Crippen LogP contribution is 2.24. The largest absolute Gasteiger partial charge is 0.443 e. The number of ether oxygens (including phenoxy) is 1. The lowest BCUT2D eigenvalue weighted by atomic mass is 10.2. The maximum atomic E-state index is 12.3. The average molecular weight is 289 g/mol. The summed E-state index contributed by atoms with van der Waals surface area (Å²) in [5, 5.41) is 10.8. The van der Waals surface area contributed by atoms with Crippen molar-refractivity contribution in [1.29, 1.82) is 0 Å². The minimum Gasteiger partial charge on any atom is -0.443 e. The summed E-state index contributed by atoms with van der Waals surface area (Å²) >= 11 is 0. The molecular formula is C13H15N5O3. The molecule has 1 N–H and O–H groups in total. The second kappa shape index (κ2) is 4.44. The molecule has 0 atom stereocenters. The molecule has 0 saturated carbocycles. The summed E-state index contributed by atoms with van der Waals surface area (Å²) in [4.78, 5) is 25.3. The number of rotatable bonds is 1. The Labute approximate surface area is 120 Å². The molecule has 8 nitrogen and oxygen atoms in total. The summed E-state index contributed by atoms with van der Waals surface area (Å²) in [5.41, 5.74) is 1.03. The number of hydrogen-bond acceptors (Lipinski definition) is 5. The standard InChI is InChI=1S/C13H15N5O3/c1-13(2,3)21-12(20)17-7-10-9(11(17)19)6-18(16-10)8-4-14-15-5-8/h4-6H,7H2,1-3H3,(H,14,15). The number of aromatic nitrogens is 4. The van der Waals surface area contributed by atoms with Crippen LogP contribution in [0.3, 0.4) is 0 Å². The van der Waals surface area contributed by atoms with Gasteiger partial charge in [-0.25, -0.2) is 14.4 Å². The molecule has 3 heterocycles. The zero-order chi connectivity index (χ0) is 15.2. The number of H-pyrrole nitrogens is 1. The van der Waals surface area contributed by atoms with Gasteiger partial charge in [-0.1, -0.05) is 0 Å². The fourth-order valence-electron chi connectivity index (χ4n) is 2.04. The highest BCUT2D eigenvalue weighted by molar-refractivity contribution is 6.06. The molecule has 21 heavy (non-hydrogen) atoms. The summed E-state index contributed by atoms with van der Waals surface area (Å²) in [6.45, 7) is 5.38. The Bertz CT molecular complexity index is 696. The van der Waals surface area contributed by atoms with E-state index >= 15 is 0 Å². The molecule has 0 aliphatic carbocycles. The third-order valence-electron chi connectivity index (χ3n) is 2.94. The Morgan fingerprint density at radius 1 is 1.43 bits per heavy atom. The molecule has 1 aliphatic heterocycles. The van der Waals surface area contributed by atoms with E-state index < -0.39 is 17.6 Å². The SMILES string of the molecule is CC(C)(C)OC(=O)N1Cc2nn(-c3cn[nH]c3)cc2C1=O. The van der Waals surface area contributed by atoms with Gasteiger partial charge < -0.3 is 4.74 Å². The van der Waals surface area contributed by atoms with Gasteiger partial charge in [-0.3, -0.25) is 9.89 Å². The number of fused-ring (bicyclic) bond motifs is 1. The van der Waals surface area contributed by atoms with Crippen LogP contribution < -0.4 is 0 Å². The van der Waals surface area contributed by atoms with Crippen LogP contribution in [-0.2, 0) is 11.3 Å². The second-order valence-corrected chi connectivity index (χ2v) is 5.76. The Kier molecular flexibility index (Phi) is 2.82. The predicted molar refractivity (Wildman–Crippen MR) is 71.8 cm³/mol. The summed E-state index contributed by atoms with van der Waals surface area (Å²) in [6.07, 6.45) is 4.20. The van der Waals surface area contributed by atoms with E-state index in [-0.39, 0.29) is 6.54 Å². The average Bonchev–Trinajstić information content (AvgIpc) is 3.04. The minimum absolute atomic E-state index is 0.119. The fourth-order valence-corrected chi connectivity index (χ4v) is 2.04. The first-order valence-corrected chi connectivity index (χ1v) is 6.48. The second-order valence-electron chi connectivity index (χ2n) is 5.76. The molecule has 1 aliphatic rings. The lowest BCUT2D eigenvalue weighted by Gasteiger charge is -2.23. The summed E-state index contributed by atoms with van der Waals surface area (Å²) in [5.74, 6) is -0.394. The van der Waals surface area contributed by atoms with Gasteiger partial charge in [0.05, 0.1) is 24.0 Å². The normalized spacial score (nSPS) is 14.4. The van der Waals surface area contributed by atoms with Crippen molar-refractivity contribution in [1.82, 2.24) is 24.9 Å².